The normalized spacial score (nSPS) is 28.2. The van der Waals surface area contributed by atoms with Gasteiger partial charge >= 0.3 is 6.18 Å². The number of hydrogen-bond acceptors (Lipinski definition) is 1. The second-order valence-electron chi connectivity index (χ2n) is 6.57. The number of hydrogen-bond donors (Lipinski definition) is 1. The van der Waals surface area contributed by atoms with E-state index in [0.717, 1.165) is 13.0 Å². The Bertz CT molecular complexity index is 255. The average Bonchev–Trinajstić information content (AvgIpc) is 2.23. The van der Waals surface area contributed by atoms with Crippen molar-refractivity contribution in [2.24, 2.45) is 17.3 Å². The molecule has 108 valence electrons. The second kappa shape index (κ2) is 5.81. The van der Waals surface area contributed by atoms with Crippen LogP contribution < -0.4 is 5.32 Å². The van der Waals surface area contributed by atoms with E-state index in [4.69, 9.17) is 0 Å². The molecule has 0 radical (unpaired) electrons. The summed E-state index contributed by atoms with van der Waals surface area (Å²) in [6.07, 6.45) is -1.80. The van der Waals surface area contributed by atoms with Gasteiger partial charge < -0.3 is 5.32 Å². The smallest absolute Gasteiger partial charge is 0.313 e. The third-order valence-corrected chi connectivity index (χ3v) is 4.01. The van der Waals surface area contributed by atoms with E-state index in [2.05, 4.69) is 26.1 Å². The van der Waals surface area contributed by atoms with Crippen LogP contribution in [0, 0.1) is 17.3 Å². The van der Waals surface area contributed by atoms with E-state index >= 15 is 0 Å². The predicted molar refractivity (Wildman–Crippen MR) is 68.4 cm³/mol. The molecule has 0 aromatic carbocycles. The third kappa shape index (κ3) is 4.15. The van der Waals surface area contributed by atoms with Crippen molar-refractivity contribution in [2.45, 2.75) is 65.6 Å². The summed E-state index contributed by atoms with van der Waals surface area (Å²) in [5.74, 6) is -0.954. The topological polar surface area (TPSA) is 12.0 Å². The molecule has 1 rings (SSSR count). The zero-order chi connectivity index (χ0) is 14.0. The van der Waals surface area contributed by atoms with Crippen molar-refractivity contribution in [1.82, 2.24) is 5.32 Å². The zero-order valence-corrected chi connectivity index (χ0v) is 11.9. The van der Waals surface area contributed by atoms with E-state index in [1.807, 2.05) is 6.92 Å². The summed E-state index contributed by atoms with van der Waals surface area (Å²) < 4.78 is 38.5. The maximum absolute atomic E-state index is 12.8. The second-order valence-corrected chi connectivity index (χ2v) is 6.57. The van der Waals surface area contributed by atoms with Crippen LogP contribution in [0.4, 0.5) is 13.2 Å². The lowest BCUT2D eigenvalue weighted by molar-refractivity contribution is -0.187. The molecule has 0 aromatic rings. The third-order valence-electron chi connectivity index (χ3n) is 4.01. The van der Waals surface area contributed by atoms with E-state index in [1.165, 1.54) is 0 Å². The Morgan fingerprint density at radius 2 is 1.78 bits per heavy atom. The minimum Gasteiger partial charge on any atom is -0.313 e. The lowest BCUT2D eigenvalue weighted by Crippen LogP contribution is -2.48. The quantitative estimate of drug-likeness (QED) is 0.798. The Morgan fingerprint density at radius 3 is 2.22 bits per heavy atom. The molecule has 0 heterocycles. The van der Waals surface area contributed by atoms with Crippen molar-refractivity contribution >= 4 is 0 Å². The Labute approximate surface area is 109 Å². The molecule has 1 nitrogen and oxygen atoms in total. The number of rotatable bonds is 3. The van der Waals surface area contributed by atoms with Gasteiger partial charge in [0.15, 0.2) is 0 Å². The van der Waals surface area contributed by atoms with Gasteiger partial charge in [0.05, 0.1) is 5.92 Å². The molecule has 0 aromatic heterocycles. The minimum atomic E-state index is -4.02. The van der Waals surface area contributed by atoms with E-state index in [0.29, 0.717) is 19.3 Å². The first-order valence-corrected chi connectivity index (χ1v) is 6.96. The van der Waals surface area contributed by atoms with Gasteiger partial charge in [-0.05, 0) is 37.1 Å². The summed E-state index contributed by atoms with van der Waals surface area (Å²) in [7, 11) is 0. The molecular weight excluding hydrogens is 239 g/mol. The Hall–Kier alpha value is -0.250. The lowest BCUT2D eigenvalue weighted by atomic mass is 9.70. The molecule has 1 saturated carbocycles. The van der Waals surface area contributed by atoms with Crippen molar-refractivity contribution in [3.05, 3.63) is 0 Å². The molecule has 4 heteroatoms. The van der Waals surface area contributed by atoms with Crippen molar-refractivity contribution in [3.8, 4) is 0 Å². The summed E-state index contributed by atoms with van der Waals surface area (Å²) in [5.41, 5.74) is 0.00810. The highest BCUT2D eigenvalue weighted by Gasteiger charge is 2.44. The molecule has 0 amide bonds. The predicted octanol–water partition coefficient (Wildman–Crippen LogP) is 4.38. The molecule has 3 unspecified atom stereocenters. The van der Waals surface area contributed by atoms with Gasteiger partial charge in [-0.3, -0.25) is 0 Å². The van der Waals surface area contributed by atoms with Crippen LogP contribution in [0.5, 0.6) is 0 Å². The zero-order valence-electron chi connectivity index (χ0n) is 11.9. The van der Waals surface area contributed by atoms with Crippen molar-refractivity contribution in [3.63, 3.8) is 0 Å². The summed E-state index contributed by atoms with van der Waals surface area (Å²) in [6.45, 7) is 9.16. The van der Waals surface area contributed by atoms with Crippen LogP contribution in [0.3, 0.4) is 0 Å². The first-order valence-electron chi connectivity index (χ1n) is 6.96. The van der Waals surface area contributed by atoms with Crippen molar-refractivity contribution in [2.75, 3.05) is 6.54 Å². The van der Waals surface area contributed by atoms with Gasteiger partial charge in [0.1, 0.15) is 0 Å². The standard InChI is InChI=1S/C14H26F3N/c1-5-18-12(13(2,3)4)10-7-6-8-11(9-10)14(15,16)17/h10-12,18H,5-9H2,1-4H3. The van der Waals surface area contributed by atoms with Crippen LogP contribution in [-0.2, 0) is 0 Å². The fourth-order valence-electron chi connectivity index (χ4n) is 3.23. The van der Waals surface area contributed by atoms with Gasteiger partial charge in [-0.2, -0.15) is 13.2 Å². The Balaban J connectivity index is 2.74. The Kier molecular flexibility index (Phi) is 5.10. The van der Waals surface area contributed by atoms with Crippen molar-refractivity contribution < 1.29 is 13.2 Å². The molecule has 18 heavy (non-hydrogen) atoms. The summed E-state index contributed by atoms with van der Waals surface area (Å²) in [4.78, 5) is 0. The highest BCUT2D eigenvalue weighted by atomic mass is 19.4. The molecule has 0 saturated heterocycles. The van der Waals surface area contributed by atoms with Gasteiger partial charge in [-0.25, -0.2) is 0 Å². The Morgan fingerprint density at radius 1 is 1.17 bits per heavy atom. The molecule has 3 atom stereocenters. The monoisotopic (exact) mass is 265 g/mol. The van der Waals surface area contributed by atoms with E-state index in [-0.39, 0.29) is 17.4 Å². The molecule has 1 N–H and O–H groups in total. The maximum Gasteiger partial charge on any atom is 0.391 e. The SMILES string of the molecule is CCNC(C1CCCC(C(F)(F)F)C1)C(C)(C)C. The molecule has 1 fully saturated rings. The summed E-state index contributed by atoms with van der Waals surface area (Å²) >= 11 is 0. The summed E-state index contributed by atoms with van der Waals surface area (Å²) in [6, 6.07) is 0.174. The van der Waals surface area contributed by atoms with Crippen LogP contribution in [0.15, 0.2) is 0 Å². The average molecular weight is 265 g/mol. The molecular formula is C14H26F3N. The van der Waals surface area contributed by atoms with Gasteiger partial charge in [0, 0.05) is 6.04 Å². The number of alkyl halides is 3. The highest BCUT2D eigenvalue weighted by molar-refractivity contribution is 4.90. The number of nitrogens with one attached hydrogen (secondary N) is 1. The van der Waals surface area contributed by atoms with Gasteiger partial charge in [0.25, 0.3) is 0 Å². The van der Waals surface area contributed by atoms with Crippen molar-refractivity contribution in [1.29, 1.82) is 0 Å². The number of halogens is 3. The molecule has 0 bridgehead atoms. The van der Waals surface area contributed by atoms with Gasteiger partial charge in [0.2, 0.25) is 0 Å². The molecule has 1 aliphatic rings. The fraction of sp³-hybridized carbons (Fsp3) is 1.00. The first kappa shape index (κ1) is 15.8. The van der Waals surface area contributed by atoms with Crippen LogP contribution >= 0.6 is 0 Å². The largest absolute Gasteiger partial charge is 0.391 e. The highest BCUT2D eigenvalue weighted by Crippen LogP contribution is 2.43. The van der Waals surface area contributed by atoms with Crippen LogP contribution in [0.1, 0.15) is 53.4 Å². The van der Waals surface area contributed by atoms with Gasteiger partial charge in [-0.1, -0.05) is 34.1 Å². The molecule has 0 aliphatic heterocycles. The maximum atomic E-state index is 12.8. The fourth-order valence-corrected chi connectivity index (χ4v) is 3.23. The summed E-state index contributed by atoms with van der Waals surface area (Å²) in [5, 5.41) is 3.40. The minimum absolute atomic E-state index is 0.00810. The first-order chi connectivity index (χ1) is 8.16. The molecule has 0 spiro atoms. The van der Waals surface area contributed by atoms with E-state index < -0.39 is 12.1 Å². The van der Waals surface area contributed by atoms with E-state index in [9.17, 15) is 13.2 Å². The lowest BCUT2D eigenvalue weighted by Gasteiger charge is -2.42. The van der Waals surface area contributed by atoms with E-state index in [1.54, 1.807) is 0 Å². The van der Waals surface area contributed by atoms with Gasteiger partial charge in [-0.15, -0.1) is 0 Å². The van der Waals surface area contributed by atoms with Crippen LogP contribution in [-0.4, -0.2) is 18.8 Å². The molecule has 1 aliphatic carbocycles. The van der Waals surface area contributed by atoms with Crippen LogP contribution in [0.25, 0.3) is 0 Å². The van der Waals surface area contributed by atoms with Crippen LogP contribution in [0.2, 0.25) is 0 Å².